The van der Waals surface area contributed by atoms with Crippen LogP contribution in [0.4, 0.5) is 14.5 Å². The summed E-state index contributed by atoms with van der Waals surface area (Å²) in [6, 6.07) is 13.7. The van der Waals surface area contributed by atoms with Gasteiger partial charge in [0.1, 0.15) is 23.4 Å². The van der Waals surface area contributed by atoms with Crippen LogP contribution in [-0.2, 0) is 21.2 Å². The molecule has 1 amide bonds. The first-order valence-corrected chi connectivity index (χ1v) is 11.2. The lowest BCUT2D eigenvalue weighted by Gasteiger charge is -2.19. The van der Waals surface area contributed by atoms with Crippen molar-refractivity contribution in [3.05, 3.63) is 89.0 Å². The number of rotatable bonds is 8. The van der Waals surface area contributed by atoms with E-state index in [9.17, 15) is 22.0 Å². The van der Waals surface area contributed by atoms with E-state index in [-0.39, 0.29) is 22.1 Å². The van der Waals surface area contributed by atoms with Gasteiger partial charge in [0.05, 0.1) is 22.7 Å². The molecule has 168 valence electrons. The topological polar surface area (TPSA) is 84.5 Å². The van der Waals surface area contributed by atoms with Crippen LogP contribution in [0.25, 0.3) is 0 Å². The molecule has 0 aromatic heterocycles. The summed E-state index contributed by atoms with van der Waals surface area (Å²) in [4.78, 5) is 12.7. The normalized spacial score (nSPS) is 12.2. The lowest BCUT2D eigenvalue weighted by molar-refractivity contribution is -0.117. The average molecular weight is 481 g/mol. The van der Waals surface area contributed by atoms with Gasteiger partial charge in [-0.15, -0.1) is 0 Å². The summed E-state index contributed by atoms with van der Waals surface area (Å²) in [6.07, 6.45) is -0.0350. The van der Waals surface area contributed by atoms with Crippen LogP contribution in [0.2, 0.25) is 5.02 Å². The minimum absolute atomic E-state index is 0.0350. The first-order valence-electron chi connectivity index (χ1n) is 9.35. The fourth-order valence-electron chi connectivity index (χ4n) is 2.92. The summed E-state index contributed by atoms with van der Waals surface area (Å²) in [6.45, 7) is 0. The first kappa shape index (κ1) is 23.6. The van der Waals surface area contributed by atoms with Crippen LogP contribution in [0.3, 0.4) is 0 Å². The molecule has 3 rings (SSSR count). The van der Waals surface area contributed by atoms with E-state index < -0.39 is 39.3 Å². The predicted molar refractivity (Wildman–Crippen MR) is 117 cm³/mol. The summed E-state index contributed by atoms with van der Waals surface area (Å²) >= 11 is 6.03. The maximum Gasteiger partial charge on any atom is 0.242 e. The van der Waals surface area contributed by atoms with Gasteiger partial charge in [0.25, 0.3) is 0 Å². The number of hydrogen-bond donors (Lipinski definition) is 2. The Morgan fingerprint density at radius 2 is 1.78 bits per heavy atom. The highest BCUT2D eigenvalue weighted by molar-refractivity contribution is 7.89. The van der Waals surface area contributed by atoms with Crippen molar-refractivity contribution in [1.29, 1.82) is 0 Å². The van der Waals surface area contributed by atoms with E-state index in [1.807, 2.05) is 0 Å². The lowest BCUT2D eigenvalue weighted by atomic mass is 10.1. The standard InChI is InChI=1S/C22H19ClF2N2O4S/c1-31-21-10-8-16(13-17(21)23)32(29,30)27-20(11-14-5-3-2-4-6-14)22(28)26-19-12-15(24)7-9-18(19)25/h2-10,12-13,20,27H,11H2,1H3,(H,26,28)/t20-/m0/s1. The Morgan fingerprint density at radius 1 is 1.06 bits per heavy atom. The van der Waals surface area contributed by atoms with Crippen LogP contribution in [0.15, 0.2) is 71.6 Å². The second kappa shape index (κ2) is 10.1. The third-order valence-electron chi connectivity index (χ3n) is 4.52. The number of benzene rings is 3. The van der Waals surface area contributed by atoms with Crippen LogP contribution in [0, 0.1) is 11.6 Å². The number of carbonyl (C=O) groups excluding carboxylic acids is 1. The molecule has 10 heteroatoms. The van der Waals surface area contributed by atoms with Crippen molar-refractivity contribution < 1.29 is 26.7 Å². The number of carbonyl (C=O) groups is 1. The second-order valence-corrected chi connectivity index (χ2v) is 8.89. The molecule has 2 N–H and O–H groups in total. The van der Waals surface area contributed by atoms with E-state index in [0.29, 0.717) is 5.56 Å². The summed E-state index contributed by atoms with van der Waals surface area (Å²) in [5.41, 5.74) is 0.252. The molecular weight excluding hydrogens is 462 g/mol. The van der Waals surface area contributed by atoms with E-state index in [1.54, 1.807) is 30.3 Å². The Labute approximate surface area is 189 Å². The van der Waals surface area contributed by atoms with Gasteiger partial charge >= 0.3 is 0 Å². The Morgan fingerprint density at radius 3 is 2.44 bits per heavy atom. The molecule has 0 saturated heterocycles. The SMILES string of the molecule is COc1ccc(S(=O)(=O)N[C@@H](Cc2ccccc2)C(=O)Nc2cc(F)ccc2F)cc1Cl. The third-order valence-corrected chi connectivity index (χ3v) is 6.28. The van der Waals surface area contributed by atoms with E-state index in [4.69, 9.17) is 16.3 Å². The lowest BCUT2D eigenvalue weighted by Crippen LogP contribution is -2.45. The zero-order valence-corrected chi connectivity index (χ0v) is 18.4. The zero-order valence-electron chi connectivity index (χ0n) is 16.8. The van der Waals surface area contributed by atoms with Crippen molar-refractivity contribution >= 4 is 33.2 Å². The molecule has 3 aromatic carbocycles. The number of hydrogen-bond acceptors (Lipinski definition) is 4. The highest BCUT2D eigenvalue weighted by Gasteiger charge is 2.27. The fraction of sp³-hybridized carbons (Fsp3) is 0.136. The summed E-state index contributed by atoms with van der Waals surface area (Å²) < 4.78 is 60.7. The van der Waals surface area contributed by atoms with Crippen LogP contribution < -0.4 is 14.8 Å². The average Bonchev–Trinajstić information content (AvgIpc) is 2.76. The van der Waals surface area contributed by atoms with Gasteiger partial charge in [-0.25, -0.2) is 17.2 Å². The van der Waals surface area contributed by atoms with E-state index in [1.165, 1.54) is 25.3 Å². The maximum atomic E-state index is 14.0. The summed E-state index contributed by atoms with van der Waals surface area (Å²) in [7, 11) is -2.81. The van der Waals surface area contributed by atoms with Crippen LogP contribution in [0.5, 0.6) is 5.75 Å². The number of halogens is 3. The largest absolute Gasteiger partial charge is 0.495 e. The Bertz CT molecular complexity index is 1220. The molecule has 6 nitrogen and oxygen atoms in total. The molecule has 0 saturated carbocycles. The molecule has 0 radical (unpaired) electrons. The Balaban J connectivity index is 1.90. The molecule has 0 bridgehead atoms. The first-order chi connectivity index (χ1) is 15.2. The molecule has 1 atom stereocenters. The van der Waals surface area contributed by atoms with Gasteiger partial charge in [-0.3, -0.25) is 4.79 Å². The van der Waals surface area contributed by atoms with Gasteiger partial charge in [-0.2, -0.15) is 4.72 Å². The second-order valence-electron chi connectivity index (χ2n) is 6.77. The molecular formula is C22H19ClF2N2O4S. The molecule has 0 spiro atoms. The molecule has 0 aliphatic carbocycles. The molecule has 0 heterocycles. The monoisotopic (exact) mass is 480 g/mol. The number of methoxy groups -OCH3 is 1. The van der Waals surface area contributed by atoms with Crippen molar-refractivity contribution in [2.24, 2.45) is 0 Å². The van der Waals surface area contributed by atoms with Crippen LogP contribution in [-0.4, -0.2) is 27.5 Å². The zero-order chi connectivity index (χ0) is 23.3. The van der Waals surface area contributed by atoms with Crippen molar-refractivity contribution in [1.82, 2.24) is 4.72 Å². The van der Waals surface area contributed by atoms with Gasteiger partial charge in [0, 0.05) is 6.07 Å². The van der Waals surface area contributed by atoms with Crippen molar-refractivity contribution in [3.63, 3.8) is 0 Å². The van der Waals surface area contributed by atoms with E-state index >= 15 is 0 Å². The number of nitrogens with one attached hydrogen (secondary N) is 2. The van der Waals surface area contributed by atoms with Crippen molar-refractivity contribution in [3.8, 4) is 5.75 Å². The highest BCUT2D eigenvalue weighted by atomic mass is 35.5. The van der Waals surface area contributed by atoms with Crippen molar-refractivity contribution in [2.45, 2.75) is 17.4 Å². The number of anilines is 1. The summed E-state index contributed by atoms with van der Waals surface area (Å²) in [5, 5.41) is 2.32. The summed E-state index contributed by atoms with van der Waals surface area (Å²) in [5.74, 6) is -2.19. The smallest absolute Gasteiger partial charge is 0.242 e. The molecule has 32 heavy (non-hydrogen) atoms. The van der Waals surface area contributed by atoms with Gasteiger partial charge in [0.15, 0.2) is 0 Å². The third kappa shape index (κ3) is 5.82. The van der Waals surface area contributed by atoms with E-state index in [2.05, 4.69) is 10.0 Å². The van der Waals surface area contributed by atoms with Gasteiger partial charge in [-0.1, -0.05) is 41.9 Å². The minimum atomic E-state index is -4.20. The highest BCUT2D eigenvalue weighted by Crippen LogP contribution is 2.27. The molecule has 3 aromatic rings. The minimum Gasteiger partial charge on any atom is -0.495 e. The Kier molecular flexibility index (Phi) is 7.44. The predicted octanol–water partition coefficient (Wildman–Crippen LogP) is 4.16. The van der Waals surface area contributed by atoms with Gasteiger partial charge in [-0.05, 0) is 42.3 Å². The molecule has 0 fully saturated rings. The van der Waals surface area contributed by atoms with E-state index in [0.717, 1.165) is 18.2 Å². The molecule has 0 unspecified atom stereocenters. The van der Waals surface area contributed by atoms with Crippen molar-refractivity contribution in [2.75, 3.05) is 12.4 Å². The number of ether oxygens (including phenoxy) is 1. The maximum absolute atomic E-state index is 14.0. The molecule has 0 aliphatic heterocycles. The number of sulfonamides is 1. The quantitative estimate of drug-likeness (QED) is 0.507. The van der Waals surface area contributed by atoms with Crippen LogP contribution in [0.1, 0.15) is 5.56 Å². The number of amides is 1. The molecule has 0 aliphatic rings. The van der Waals surface area contributed by atoms with Gasteiger partial charge < -0.3 is 10.1 Å². The Hall–Kier alpha value is -3.01. The van der Waals surface area contributed by atoms with Crippen LogP contribution >= 0.6 is 11.6 Å². The fourth-order valence-corrected chi connectivity index (χ4v) is 4.46. The van der Waals surface area contributed by atoms with Gasteiger partial charge in [0.2, 0.25) is 15.9 Å².